The van der Waals surface area contributed by atoms with Crippen LogP contribution in [0.1, 0.15) is 41.9 Å². The number of oxazole rings is 1. The number of benzene rings is 1. The maximum absolute atomic E-state index is 12.3. The molecule has 0 spiro atoms. The quantitative estimate of drug-likeness (QED) is 0.812. The zero-order valence-corrected chi connectivity index (χ0v) is 14.2. The van der Waals surface area contributed by atoms with Crippen LogP contribution in [-0.2, 0) is 0 Å². The van der Waals surface area contributed by atoms with E-state index in [-0.39, 0.29) is 5.91 Å². The van der Waals surface area contributed by atoms with Crippen molar-refractivity contribution in [3.05, 3.63) is 41.8 Å². The van der Waals surface area contributed by atoms with Crippen LogP contribution < -0.4 is 5.32 Å². The molecule has 1 saturated carbocycles. The maximum atomic E-state index is 12.3. The summed E-state index contributed by atoms with van der Waals surface area (Å²) in [5.74, 6) is 1.86. The van der Waals surface area contributed by atoms with E-state index in [2.05, 4.69) is 10.3 Å². The number of amides is 1. The summed E-state index contributed by atoms with van der Waals surface area (Å²) in [6.07, 6.45) is 5.34. The molecule has 1 aromatic heterocycles. The molecule has 1 amide bonds. The molecule has 122 valence electrons. The van der Waals surface area contributed by atoms with Gasteiger partial charge in [-0.3, -0.25) is 4.79 Å². The molecule has 1 aromatic carbocycles. The standard InChI is InChI=1S/C18H22N2O2S/c1-13-16(20-18(22-13)14-7-3-2-4-8-14)17(21)19-11-12-23-15-9-5-6-10-15/h2-4,7-8,15H,5-6,9-12H2,1H3,(H,19,21). The molecule has 3 rings (SSSR count). The summed E-state index contributed by atoms with van der Waals surface area (Å²) < 4.78 is 5.63. The number of hydrogen-bond donors (Lipinski definition) is 1. The second kappa shape index (κ2) is 7.68. The molecule has 0 unspecified atom stereocenters. The largest absolute Gasteiger partial charge is 0.441 e. The molecule has 1 aliphatic rings. The first-order valence-corrected chi connectivity index (χ1v) is 9.21. The van der Waals surface area contributed by atoms with Crippen molar-refractivity contribution in [1.82, 2.24) is 10.3 Å². The van der Waals surface area contributed by atoms with Crippen LogP contribution in [0.2, 0.25) is 0 Å². The first-order chi connectivity index (χ1) is 11.2. The zero-order chi connectivity index (χ0) is 16.1. The van der Waals surface area contributed by atoms with Gasteiger partial charge in [0.2, 0.25) is 5.89 Å². The van der Waals surface area contributed by atoms with Gasteiger partial charge in [0.05, 0.1) is 0 Å². The Kier molecular flexibility index (Phi) is 5.39. The number of aromatic nitrogens is 1. The van der Waals surface area contributed by atoms with E-state index in [1.807, 2.05) is 42.1 Å². The van der Waals surface area contributed by atoms with Crippen molar-refractivity contribution in [1.29, 1.82) is 0 Å². The second-order valence-electron chi connectivity index (χ2n) is 5.82. The fourth-order valence-electron chi connectivity index (χ4n) is 2.84. The van der Waals surface area contributed by atoms with Crippen molar-refractivity contribution in [2.24, 2.45) is 0 Å². The van der Waals surface area contributed by atoms with E-state index in [1.165, 1.54) is 25.7 Å². The summed E-state index contributed by atoms with van der Waals surface area (Å²) in [7, 11) is 0. The van der Waals surface area contributed by atoms with Crippen LogP contribution in [0.25, 0.3) is 11.5 Å². The van der Waals surface area contributed by atoms with Crippen LogP contribution in [0, 0.1) is 6.92 Å². The summed E-state index contributed by atoms with van der Waals surface area (Å²) in [5.41, 5.74) is 1.26. The van der Waals surface area contributed by atoms with Crippen LogP contribution in [0.4, 0.5) is 0 Å². The summed E-state index contributed by atoms with van der Waals surface area (Å²) in [5, 5.41) is 3.73. The van der Waals surface area contributed by atoms with Crippen LogP contribution in [0.15, 0.2) is 34.7 Å². The highest BCUT2D eigenvalue weighted by Gasteiger charge is 2.18. The molecule has 0 atom stereocenters. The molecule has 0 bridgehead atoms. The molecule has 0 radical (unpaired) electrons. The number of hydrogen-bond acceptors (Lipinski definition) is 4. The number of carbonyl (C=O) groups is 1. The Morgan fingerprint density at radius 1 is 1.30 bits per heavy atom. The Morgan fingerprint density at radius 3 is 2.78 bits per heavy atom. The Labute approximate surface area is 141 Å². The molecule has 0 saturated heterocycles. The molecular weight excluding hydrogens is 308 g/mol. The van der Waals surface area contributed by atoms with Crippen LogP contribution in [0.5, 0.6) is 0 Å². The van der Waals surface area contributed by atoms with Gasteiger partial charge in [-0.15, -0.1) is 0 Å². The van der Waals surface area contributed by atoms with Gasteiger partial charge in [0.25, 0.3) is 5.91 Å². The number of carbonyl (C=O) groups excluding carboxylic acids is 1. The highest BCUT2D eigenvalue weighted by molar-refractivity contribution is 7.99. The lowest BCUT2D eigenvalue weighted by atomic mass is 10.2. The third-order valence-electron chi connectivity index (χ3n) is 4.08. The average Bonchev–Trinajstić information content (AvgIpc) is 3.22. The topological polar surface area (TPSA) is 55.1 Å². The third-order valence-corrected chi connectivity index (χ3v) is 5.46. The first kappa shape index (κ1) is 16.1. The second-order valence-corrected chi connectivity index (χ2v) is 7.23. The van der Waals surface area contributed by atoms with Crippen molar-refractivity contribution < 1.29 is 9.21 Å². The van der Waals surface area contributed by atoms with Gasteiger partial charge in [-0.1, -0.05) is 31.0 Å². The predicted octanol–water partition coefficient (Wildman–Crippen LogP) is 4.06. The molecular formula is C18H22N2O2S. The Morgan fingerprint density at radius 2 is 2.04 bits per heavy atom. The van der Waals surface area contributed by atoms with E-state index in [4.69, 9.17) is 4.42 Å². The highest BCUT2D eigenvalue weighted by atomic mass is 32.2. The van der Waals surface area contributed by atoms with Gasteiger partial charge >= 0.3 is 0 Å². The first-order valence-electron chi connectivity index (χ1n) is 8.16. The minimum absolute atomic E-state index is 0.152. The smallest absolute Gasteiger partial charge is 0.273 e. The number of thioether (sulfide) groups is 1. The summed E-state index contributed by atoms with van der Waals surface area (Å²) >= 11 is 1.97. The van der Waals surface area contributed by atoms with Gasteiger partial charge < -0.3 is 9.73 Å². The lowest BCUT2D eigenvalue weighted by molar-refractivity contribution is 0.0950. The van der Waals surface area contributed by atoms with E-state index in [0.717, 1.165) is 16.6 Å². The molecule has 5 heteroatoms. The number of rotatable bonds is 6. The third kappa shape index (κ3) is 4.16. The molecule has 4 nitrogen and oxygen atoms in total. The highest BCUT2D eigenvalue weighted by Crippen LogP contribution is 2.29. The molecule has 23 heavy (non-hydrogen) atoms. The van der Waals surface area contributed by atoms with Crippen molar-refractivity contribution in [2.75, 3.05) is 12.3 Å². The van der Waals surface area contributed by atoms with Crippen molar-refractivity contribution in [3.63, 3.8) is 0 Å². The van der Waals surface area contributed by atoms with E-state index >= 15 is 0 Å². The Balaban J connectivity index is 1.54. The van der Waals surface area contributed by atoms with Gasteiger partial charge in [-0.2, -0.15) is 11.8 Å². The lowest BCUT2D eigenvalue weighted by Crippen LogP contribution is -2.27. The fraction of sp³-hybridized carbons (Fsp3) is 0.444. The van der Waals surface area contributed by atoms with Gasteiger partial charge in [0, 0.05) is 23.1 Å². The van der Waals surface area contributed by atoms with E-state index in [0.29, 0.717) is 23.9 Å². The molecule has 2 aromatic rings. The van der Waals surface area contributed by atoms with Gasteiger partial charge in [-0.25, -0.2) is 4.98 Å². The van der Waals surface area contributed by atoms with Crippen molar-refractivity contribution in [3.8, 4) is 11.5 Å². The predicted molar refractivity (Wildman–Crippen MR) is 93.7 cm³/mol. The molecule has 1 aliphatic carbocycles. The normalized spacial score (nSPS) is 15.0. The van der Waals surface area contributed by atoms with Crippen LogP contribution in [-0.4, -0.2) is 28.4 Å². The summed E-state index contributed by atoms with van der Waals surface area (Å²) in [6, 6.07) is 9.63. The lowest BCUT2D eigenvalue weighted by Gasteiger charge is -2.08. The van der Waals surface area contributed by atoms with Crippen molar-refractivity contribution in [2.45, 2.75) is 37.9 Å². The molecule has 0 aliphatic heterocycles. The molecule has 1 N–H and O–H groups in total. The van der Waals surface area contributed by atoms with Crippen LogP contribution in [0.3, 0.4) is 0 Å². The van der Waals surface area contributed by atoms with Gasteiger partial charge in [0.1, 0.15) is 5.76 Å². The molecule has 1 fully saturated rings. The minimum Gasteiger partial charge on any atom is -0.441 e. The van der Waals surface area contributed by atoms with Gasteiger partial charge in [-0.05, 0) is 31.9 Å². The van der Waals surface area contributed by atoms with Crippen LogP contribution >= 0.6 is 11.8 Å². The fourth-order valence-corrected chi connectivity index (χ4v) is 4.06. The molecule has 1 heterocycles. The number of nitrogens with one attached hydrogen (secondary N) is 1. The maximum Gasteiger partial charge on any atom is 0.273 e. The van der Waals surface area contributed by atoms with E-state index < -0.39 is 0 Å². The average molecular weight is 330 g/mol. The monoisotopic (exact) mass is 330 g/mol. The minimum atomic E-state index is -0.152. The summed E-state index contributed by atoms with van der Waals surface area (Å²) in [4.78, 5) is 16.6. The summed E-state index contributed by atoms with van der Waals surface area (Å²) in [6.45, 7) is 2.45. The number of nitrogens with zero attached hydrogens (tertiary/aromatic N) is 1. The zero-order valence-electron chi connectivity index (χ0n) is 13.4. The SMILES string of the molecule is Cc1oc(-c2ccccc2)nc1C(=O)NCCSC1CCCC1. The van der Waals surface area contributed by atoms with Gasteiger partial charge in [0.15, 0.2) is 5.69 Å². The van der Waals surface area contributed by atoms with E-state index in [9.17, 15) is 4.79 Å². The Bertz CT molecular complexity index is 648. The van der Waals surface area contributed by atoms with Crippen molar-refractivity contribution >= 4 is 17.7 Å². The number of aryl methyl sites for hydroxylation is 1. The van der Waals surface area contributed by atoms with E-state index in [1.54, 1.807) is 6.92 Å². The Hall–Kier alpha value is -1.75.